The monoisotopic (exact) mass is 381 g/mol. The predicted molar refractivity (Wildman–Crippen MR) is 94.2 cm³/mol. The number of nitrogens with zero attached hydrogens (tertiary/aromatic N) is 5. The molecule has 142 valence electrons. The fourth-order valence-corrected chi connectivity index (χ4v) is 4.26. The molecule has 10 heteroatoms. The molecule has 4 atom stereocenters. The number of methoxy groups -OCH3 is 1. The standard InChI is InChI=1S/C16H23N5O4S/c1-5-6-26-15-17-13-10(14(18-15)23-4)19-20-21(13)8-7-9(22)12-11(8)24-16(2,3)25-12/h8-9,11-12,22H,5-7H2,1-4H3/t8-,9+,11+,12-/m1/s1. The van der Waals surface area contributed by atoms with Crippen LogP contribution in [0.5, 0.6) is 5.88 Å². The predicted octanol–water partition coefficient (Wildman–Crippen LogP) is 1.56. The quantitative estimate of drug-likeness (QED) is 0.610. The summed E-state index contributed by atoms with van der Waals surface area (Å²) in [5.41, 5.74) is 1.09. The molecule has 3 heterocycles. The number of hydrogen-bond acceptors (Lipinski definition) is 9. The Kier molecular flexibility index (Phi) is 4.54. The molecule has 9 nitrogen and oxygen atoms in total. The summed E-state index contributed by atoms with van der Waals surface area (Å²) in [6.07, 6.45) is 0.173. The maximum absolute atomic E-state index is 10.4. The van der Waals surface area contributed by atoms with Crippen LogP contribution in [0.25, 0.3) is 11.2 Å². The van der Waals surface area contributed by atoms with Crippen molar-refractivity contribution in [3.63, 3.8) is 0 Å². The Hall–Kier alpha value is -1.49. The molecule has 4 rings (SSSR count). The van der Waals surface area contributed by atoms with E-state index in [0.29, 0.717) is 28.6 Å². The summed E-state index contributed by atoms with van der Waals surface area (Å²) in [5.74, 6) is 0.577. The lowest BCUT2D eigenvalue weighted by Gasteiger charge is -2.22. The number of fused-ring (bicyclic) bond motifs is 2. The fourth-order valence-electron chi connectivity index (χ4n) is 3.58. The Labute approximate surface area is 155 Å². The minimum Gasteiger partial charge on any atom is -0.479 e. The first kappa shape index (κ1) is 17.9. The van der Waals surface area contributed by atoms with E-state index in [4.69, 9.17) is 14.2 Å². The van der Waals surface area contributed by atoms with E-state index in [-0.39, 0.29) is 18.2 Å². The van der Waals surface area contributed by atoms with Gasteiger partial charge in [-0.15, -0.1) is 5.10 Å². The molecule has 0 radical (unpaired) electrons. The van der Waals surface area contributed by atoms with Crippen molar-refractivity contribution in [1.29, 1.82) is 0 Å². The smallest absolute Gasteiger partial charge is 0.248 e. The molecule has 1 saturated heterocycles. The van der Waals surface area contributed by atoms with Gasteiger partial charge in [-0.2, -0.15) is 4.98 Å². The number of aliphatic hydroxyl groups excluding tert-OH is 1. The van der Waals surface area contributed by atoms with Gasteiger partial charge in [-0.3, -0.25) is 0 Å². The van der Waals surface area contributed by atoms with Crippen molar-refractivity contribution < 1.29 is 19.3 Å². The first-order chi connectivity index (χ1) is 12.4. The average molecular weight is 381 g/mol. The zero-order valence-corrected chi connectivity index (χ0v) is 16.1. The van der Waals surface area contributed by atoms with Crippen LogP contribution in [0, 0.1) is 0 Å². The summed E-state index contributed by atoms with van der Waals surface area (Å²) in [6.45, 7) is 5.80. The van der Waals surface area contributed by atoms with Crippen molar-refractivity contribution in [2.75, 3.05) is 12.9 Å². The number of aromatic nitrogens is 5. The van der Waals surface area contributed by atoms with Gasteiger partial charge < -0.3 is 19.3 Å². The summed E-state index contributed by atoms with van der Waals surface area (Å²) in [7, 11) is 1.56. The van der Waals surface area contributed by atoms with Crippen LogP contribution >= 0.6 is 11.8 Å². The molecule has 1 saturated carbocycles. The molecule has 2 aliphatic rings. The van der Waals surface area contributed by atoms with E-state index in [1.807, 2.05) is 13.8 Å². The first-order valence-corrected chi connectivity index (χ1v) is 9.75. The topological polar surface area (TPSA) is 104 Å². The molecule has 0 bridgehead atoms. The number of thioether (sulfide) groups is 1. The average Bonchev–Trinajstić information content (AvgIpc) is 3.24. The van der Waals surface area contributed by atoms with E-state index in [1.165, 1.54) is 0 Å². The summed E-state index contributed by atoms with van der Waals surface area (Å²) in [5, 5.41) is 19.5. The second-order valence-electron chi connectivity index (χ2n) is 7.01. The Morgan fingerprint density at radius 2 is 2.08 bits per heavy atom. The molecule has 2 fully saturated rings. The van der Waals surface area contributed by atoms with Gasteiger partial charge in [-0.1, -0.05) is 23.9 Å². The molecule has 0 amide bonds. The molecular weight excluding hydrogens is 358 g/mol. The molecule has 1 aliphatic carbocycles. The second kappa shape index (κ2) is 6.59. The lowest BCUT2D eigenvalue weighted by atomic mass is 10.2. The van der Waals surface area contributed by atoms with Crippen LogP contribution < -0.4 is 4.74 Å². The normalized spacial score (nSPS) is 30.0. The Morgan fingerprint density at radius 3 is 2.81 bits per heavy atom. The highest BCUT2D eigenvalue weighted by molar-refractivity contribution is 7.99. The van der Waals surface area contributed by atoms with Gasteiger partial charge in [-0.25, -0.2) is 9.67 Å². The Balaban J connectivity index is 1.74. The van der Waals surface area contributed by atoms with Gasteiger partial charge >= 0.3 is 0 Å². The van der Waals surface area contributed by atoms with Crippen LogP contribution in [-0.2, 0) is 9.47 Å². The van der Waals surface area contributed by atoms with Crippen LogP contribution in [0.2, 0.25) is 0 Å². The maximum Gasteiger partial charge on any atom is 0.248 e. The van der Waals surface area contributed by atoms with Crippen LogP contribution in [0.3, 0.4) is 0 Å². The van der Waals surface area contributed by atoms with Gasteiger partial charge in [0, 0.05) is 12.2 Å². The minimum absolute atomic E-state index is 0.217. The van der Waals surface area contributed by atoms with Crippen LogP contribution in [0.15, 0.2) is 5.16 Å². The lowest BCUT2D eigenvalue weighted by molar-refractivity contribution is -0.165. The summed E-state index contributed by atoms with van der Waals surface area (Å²) >= 11 is 1.56. The number of hydrogen-bond donors (Lipinski definition) is 1. The number of aliphatic hydroxyl groups is 1. The van der Waals surface area contributed by atoms with Gasteiger partial charge in [0.05, 0.1) is 19.3 Å². The molecule has 0 aromatic carbocycles. The van der Waals surface area contributed by atoms with E-state index in [1.54, 1.807) is 23.6 Å². The molecule has 0 unspecified atom stereocenters. The van der Waals surface area contributed by atoms with Crippen molar-refractivity contribution in [2.45, 2.75) is 68.9 Å². The summed E-state index contributed by atoms with van der Waals surface area (Å²) in [4.78, 5) is 9.04. The van der Waals surface area contributed by atoms with E-state index in [9.17, 15) is 5.11 Å². The van der Waals surface area contributed by atoms with E-state index >= 15 is 0 Å². The first-order valence-electron chi connectivity index (χ1n) is 8.77. The maximum atomic E-state index is 10.4. The van der Waals surface area contributed by atoms with E-state index < -0.39 is 11.9 Å². The third-order valence-corrected chi connectivity index (χ3v) is 5.67. The highest BCUT2D eigenvalue weighted by Gasteiger charge is 2.55. The fraction of sp³-hybridized carbons (Fsp3) is 0.750. The van der Waals surface area contributed by atoms with Crippen molar-refractivity contribution >= 4 is 22.9 Å². The molecule has 26 heavy (non-hydrogen) atoms. The molecule has 1 N–H and O–H groups in total. The molecule has 0 spiro atoms. The van der Waals surface area contributed by atoms with Crippen molar-refractivity contribution in [3.05, 3.63) is 0 Å². The highest BCUT2D eigenvalue weighted by atomic mass is 32.2. The highest BCUT2D eigenvalue weighted by Crippen LogP contribution is 2.44. The zero-order chi connectivity index (χ0) is 18.5. The zero-order valence-electron chi connectivity index (χ0n) is 15.2. The van der Waals surface area contributed by atoms with Gasteiger partial charge in [0.2, 0.25) is 5.88 Å². The Morgan fingerprint density at radius 1 is 1.31 bits per heavy atom. The molecule has 2 aromatic rings. The molecular formula is C16H23N5O4S. The second-order valence-corrected chi connectivity index (χ2v) is 8.07. The summed E-state index contributed by atoms with van der Waals surface area (Å²) in [6, 6.07) is -0.217. The van der Waals surface area contributed by atoms with Gasteiger partial charge in [0.25, 0.3) is 0 Å². The lowest BCUT2D eigenvalue weighted by Crippen LogP contribution is -2.29. The van der Waals surface area contributed by atoms with E-state index in [2.05, 4.69) is 27.2 Å². The van der Waals surface area contributed by atoms with Crippen molar-refractivity contribution in [3.8, 4) is 5.88 Å². The van der Waals surface area contributed by atoms with Gasteiger partial charge in [0.15, 0.2) is 22.1 Å². The van der Waals surface area contributed by atoms with Crippen molar-refractivity contribution in [1.82, 2.24) is 25.0 Å². The van der Waals surface area contributed by atoms with Crippen LogP contribution in [0.1, 0.15) is 39.7 Å². The Bertz CT molecular complexity index is 813. The largest absolute Gasteiger partial charge is 0.479 e. The number of rotatable bonds is 5. The van der Waals surface area contributed by atoms with Gasteiger partial charge in [-0.05, 0) is 20.3 Å². The van der Waals surface area contributed by atoms with Crippen molar-refractivity contribution in [2.24, 2.45) is 0 Å². The SMILES string of the molecule is CCCSc1nc(OC)c2nnn([C@@H]3C[C@H](O)[C@H]4OC(C)(C)O[C@H]43)c2n1. The summed E-state index contributed by atoms with van der Waals surface area (Å²) < 4.78 is 19.0. The number of ether oxygens (including phenoxy) is 3. The molecule has 1 aliphatic heterocycles. The molecule has 2 aromatic heterocycles. The van der Waals surface area contributed by atoms with Gasteiger partial charge in [0.1, 0.15) is 12.2 Å². The van der Waals surface area contributed by atoms with E-state index in [0.717, 1.165) is 12.2 Å². The third-order valence-electron chi connectivity index (χ3n) is 4.62. The minimum atomic E-state index is -0.736. The van der Waals surface area contributed by atoms with Crippen LogP contribution in [-0.4, -0.2) is 67.0 Å². The third kappa shape index (κ3) is 2.94. The van der Waals surface area contributed by atoms with Crippen LogP contribution in [0.4, 0.5) is 0 Å².